The lowest BCUT2D eigenvalue weighted by Crippen LogP contribution is -2.21. The minimum atomic E-state index is -0.177. The molecule has 0 N–H and O–H groups in total. The van der Waals surface area contributed by atoms with Gasteiger partial charge in [-0.1, -0.05) is 54.6 Å². The summed E-state index contributed by atoms with van der Waals surface area (Å²) >= 11 is 0. The first-order valence-electron chi connectivity index (χ1n) is 9.54. The third kappa shape index (κ3) is 3.85. The van der Waals surface area contributed by atoms with Crippen LogP contribution < -0.4 is 9.75 Å². The lowest BCUT2D eigenvalue weighted by atomic mass is 10.1. The predicted octanol–water partition coefficient (Wildman–Crippen LogP) is 4.94. The summed E-state index contributed by atoms with van der Waals surface area (Å²) in [5.41, 5.74) is 4.07. The van der Waals surface area contributed by atoms with Gasteiger partial charge in [0, 0.05) is 11.1 Å². The molecule has 0 unspecified atom stereocenters. The molecule has 30 heavy (non-hydrogen) atoms. The summed E-state index contributed by atoms with van der Waals surface area (Å²) in [5.74, 6) is 0.458. The number of nitriles is 1. The Hall–Kier alpha value is -4.17. The summed E-state index contributed by atoms with van der Waals surface area (Å²) in [5, 5.41) is 15.1. The molecule has 0 aliphatic carbocycles. The number of carbonyl (C=O) groups is 1. The van der Waals surface area contributed by atoms with Crippen LogP contribution in [0, 0.1) is 11.3 Å². The van der Waals surface area contributed by atoms with Crippen molar-refractivity contribution in [3.05, 3.63) is 101 Å². The summed E-state index contributed by atoms with van der Waals surface area (Å²) in [6, 6.07) is 26.4. The van der Waals surface area contributed by atoms with Gasteiger partial charge < -0.3 is 4.74 Å². The number of rotatable bonds is 5. The summed E-state index contributed by atoms with van der Waals surface area (Å²) in [4.78, 5) is 13.0. The maximum Gasteiger partial charge on any atom is 0.280 e. The average Bonchev–Trinajstić information content (AvgIpc) is 3.07. The fourth-order valence-electron chi connectivity index (χ4n) is 3.23. The van der Waals surface area contributed by atoms with Gasteiger partial charge in [-0.25, -0.2) is 0 Å². The molecule has 5 nitrogen and oxygen atoms in total. The van der Waals surface area contributed by atoms with E-state index in [2.05, 4.69) is 11.2 Å². The van der Waals surface area contributed by atoms with Crippen molar-refractivity contribution < 1.29 is 9.53 Å². The Bertz CT molecular complexity index is 1190. The lowest BCUT2D eigenvalue weighted by Gasteiger charge is -2.12. The van der Waals surface area contributed by atoms with Crippen LogP contribution in [0.5, 0.6) is 5.75 Å². The van der Waals surface area contributed by atoms with E-state index in [0.29, 0.717) is 22.6 Å². The molecule has 0 saturated carbocycles. The van der Waals surface area contributed by atoms with Gasteiger partial charge in [0.1, 0.15) is 12.4 Å². The molecule has 4 rings (SSSR count). The molecule has 0 spiro atoms. The topological polar surface area (TPSA) is 65.7 Å². The SMILES string of the molecule is CC1=NN(c2ccccc2)C(=O)/C1=C/c1ccccc1OCc1ccccc1C#N. The van der Waals surface area contributed by atoms with Gasteiger partial charge in [0.05, 0.1) is 28.6 Å². The van der Waals surface area contributed by atoms with Gasteiger partial charge in [-0.15, -0.1) is 0 Å². The van der Waals surface area contributed by atoms with E-state index in [-0.39, 0.29) is 12.5 Å². The van der Waals surface area contributed by atoms with E-state index in [4.69, 9.17) is 4.74 Å². The number of hydrogen-bond donors (Lipinski definition) is 0. The van der Waals surface area contributed by atoms with Crippen LogP contribution in [0.2, 0.25) is 0 Å². The van der Waals surface area contributed by atoms with Crippen LogP contribution in [0.15, 0.2) is 89.5 Å². The largest absolute Gasteiger partial charge is 0.488 e. The van der Waals surface area contributed by atoms with Crippen LogP contribution in [0.4, 0.5) is 5.69 Å². The normalized spacial score (nSPS) is 14.5. The number of nitrogens with zero attached hydrogens (tertiary/aromatic N) is 3. The molecule has 0 atom stereocenters. The Morgan fingerprint density at radius 1 is 1.00 bits per heavy atom. The van der Waals surface area contributed by atoms with Gasteiger partial charge >= 0.3 is 0 Å². The first-order chi connectivity index (χ1) is 14.7. The number of amides is 1. The molecule has 3 aromatic rings. The molecule has 0 fully saturated rings. The highest BCUT2D eigenvalue weighted by Crippen LogP contribution is 2.28. The van der Waals surface area contributed by atoms with Crippen molar-refractivity contribution in [1.29, 1.82) is 5.26 Å². The van der Waals surface area contributed by atoms with Crippen molar-refractivity contribution in [2.24, 2.45) is 5.10 Å². The molecule has 146 valence electrons. The number of ether oxygens (including phenoxy) is 1. The van der Waals surface area contributed by atoms with E-state index in [0.717, 1.165) is 16.8 Å². The zero-order chi connectivity index (χ0) is 20.9. The Morgan fingerprint density at radius 2 is 1.70 bits per heavy atom. The molecular formula is C25H19N3O2. The van der Waals surface area contributed by atoms with Gasteiger partial charge in [-0.2, -0.15) is 15.4 Å². The quantitative estimate of drug-likeness (QED) is 0.577. The molecule has 1 heterocycles. The number of hydrogen-bond acceptors (Lipinski definition) is 4. The van der Waals surface area contributed by atoms with Gasteiger partial charge in [-0.3, -0.25) is 4.79 Å². The molecule has 1 amide bonds. The van der Waals surface area contributed by atoms with Crippen molar-refractivity contribution in [3.8, 4) is 11.8 Å². The average molecular weight is 393 g/mol. The van der Waals surface area contributed by atoms with Crippen molar-refractivity contribution in [2.45, 2.75) is 13.5 Å². The Morgan fingerprint density at radius 3 is 2.50 bits per heavy atom. The second-order valence-corrected chi connectivity index (χ2v) is 6.79. The van der Waals surface area contributed by atoms with E-state index in [1.165, 1.54) is 5.01 Å². The highest BCUT2D eigenvalue weighted by atomic mass is 16.5. The summed E-state index contributed by atoms with van der Waals surface area (Å²) in [6.45, 7) is 2.08. The zero-order valence-electron chi connectivity index (χ0n) is 16.4. The van der Waals surface area contributed by atoms with E-state index in [1.807, 2.05) is 79.7 Å². The molecule has 0 bridgehead atoms. The molecule has 0 radical (unpaired) electrons. The fourth-order valence-corrected chi connectivity index (χ4v) is 3.23. The van der Waals surface area contributed by atoms with Crippen LogP contribution in [0.1, 0.15) is 23.6 Å². The predicted molar refractivity (Wildman–Crippen MR) is 117 cm³/mol. The number of anilines is 1. The lowest BCUT2D eigenvalue weighted by molar-refractivity contribution is -0.114. The first-order valence-corrected chi connectivity index (χ1v) is 9.54. The third-order valence-corrected chi connectivity index (χ3v) is 4.80. The molecule has 0 aromatic heterocycles. The minimum Gasteiger partial charge on any atom is -0.488 e. The maximum atomic E-state index is 13.0. The summed E-state index contributed by atoms with van der Waals surface area (Å²) < 4.78 is 6.00. The zero-order valence-corrected chi connectivity index (χ0v) is 16.4. The minimum absolute atomic E-state index is 0.177. The van der Waals surface area contributed by atoms with Gasteiger partial charge in [0.25, 0.3) is 5.91 Å². The van der Waals surface area contributed by atoms with Gasteiger partial charge in [0.15, 0.2) is 0 Å². The van der Waals surface area contributed by atoms with Crippen molar-refractivity contribution in [1.82, 2.24) is 0 Å². The van der Waals surface area contributed by atoms with Gasteiger partial charge in [-0.05, 0) is 37.3 Å². The molecule has 1 aliphatic rings. The van der Waals surface area contributed by atoms with E-state index in [1.54, 1.807) is 12.1 Å². The number of hydrazone groups is 1. The fraction of sp³-hybridized carbons (Fsp3) is 0.0800. The van der Waals surface area contributed by atoms with Crippen LogP contribution in [-0.4, -0.2) is 11.6 Å². The van der Waals surface area contributed by atoms with Crippen LogP contribution in [0.3, 0.4) is 0 Å². The second-order valence-electron chi connectivity index (χ2n) is 6.79. The monoisotopic (exact) mass is 393 g/mol. The van der Waals surface area contributed by atoms with E-state index >= 15 is 0 Å². The van der Waals surface area contributed by atoms with E-state index < -0.39 is 0 Å². The van der Waals surface area contributed by atoms with Crippen LogP contribution in [0.25, 0.3) is 6.08 Å². The smallest absolute Gasteiger partial charge is 0.280 e. The molecule has 5 heteroatoms. The Labute approximate surface area is 175 Å². The standard InChI is InChI=1S/C25H19N3O2/c1-18-23(25(29)28(27-18)22-12-3-2-4-13-22)15-19-9-7-8-14-24(19)30-17-21-11-6-5-10-20(21)16-26/h2-15H,17H2,1H3/b23-15+. The first kappa shape index (κ1) is 19.2. The Balaban J connectivity index is 1.60. The number of benzene rings is 3. The third-order valence-electron chi connectivity index (χ3n) is 4.80. The number of carbonyl (C=O) groups excluding carboxylic acids is 1. The molecular weight excluding hydrogens is 374 g/mol. The van der Waals surface area contributed by atoms with Crippen LogP contribution in [-0.2, 0) is 11.4 Å². The molecule has 1 aliphatic heterocycles. The van der Waals surface area contributed by atoms with Crippen molar-refractivity contribution in [3.63, 3.8) is 0 Å². The van der Waals surface area contributed by atoms with Gasteiger partial charge in [0.2, 0.25) is 0 Å². The van der Waals surface area contributed by atoms with Crippen molar-refractivity contribution in [2.75, 3.05) is 5.01 Å². The summed E-state index contributed by atoms with van der Waals surface area (Å²) in [7, 11) is 0. The van der Waals surface area contributed by atoms with Crippen LogP contribution >= 0.6 is 0 Å². The highest BCUT2D eigenvalue weighted by Gasteiger charge is 2.28. The number of para-hydroxylation sites is 2. The second kappa shape index (κ2) is 8.46. The highest BCUT2D eigenvalue weighted by molar-refractivity contribution is 6.32. The molecule has 0 saturated heterocycles. The summed E-state index contributed by atoms with van der Waals surface area (Å²) in [6.07, 6.45) is 1.80. The van der Waals surface area contributed by atoms with E-state index in [9.17, 15) is 10.1 Å². The Kier molecular flexibility index (Phi) is 5.40. The maximum absolute atomic E-state index is 13.0. The van der Waals surface area contributed by atoms with Crippen molar-refractivity contribution >= 4 is 23.4 Å². The molecule has 3 aromatic carbocycles.